The molecule has 1 rings (SSSR count). The van der Waals surface area contributed by atoms with E-state index in [1.54, 1.807) is 0 Å². The van der Waals surface area contributed by atoms with Crippen molar-refractivity contribution in [2.75, 3.05) is 32.0 Å². The molecule has 0 aliphatic heterocycles. The summed E-state index contributed by atoms with van der Waals surface area (Å²) in [5, 5.41) is 8.66. The maximum Gasteiger partial charge on any atom is 0.142 e. The Morgan fingerprint density at radius 2 is 2.05 bits per heavy atom. The summed E-state index contributed by atoms with van der Waals surface area (Å²) in [4.78, 5) is 2.26. The first kappa shape index (κ1) is 15.3. The lowest BCUT2D eigenvalue weighted by Gasteiger charge is -2.23. The number of ether oxygens (including phenoxy) is 1. The van der Waals surface area contributed by atoms with Crippen molar-refractivity contribution in [2.45, 2.75) is 20.3 Å². The second kappa shape index (κ2) is 8.39. The summed E-state index contributed by atoms with van der Waals surface area (Å²) in [6.45, 7) is 7.53. The summed E-state index contributed by atoms with van der Waals surface area (Å²) in [5.74, 6) is 1.31. The Kier molecular flexibility index (Phi) is 6.76. The van der Waals surface area contributed by atoms with Crippen molar-refractivity contribution in [3.05, 3.63) is 24.3 Å². The van der Waals surface area contributed by atoms with Crippen LogP contribution in [-0.4, -0.2) is 31.1 Å². The molecule has 0 radical (unpaired) electrons. The molecular formula is C15H23N3O. The van der Waals surface area contributed by atoms with Crippen LogP contribution in [0, 0.1) is 17.2 Å². The van der Waals surface area contributed by atoms with Crippen LogP contribution >= 0.6 is 0 Å². The molecule has 0 bridgehead atoms. The third-order valence-electron chi connectivity index (χ3n) is 2.75. The Morgan fingerprint density at radius 1 is 1.32 bits per heavy atom. The van der Waals surface area contributed by atoms with Crippen molar-refractivity contribution >= 4 is 5.69 Å². The van der Waals surface area contributed by atoms with Gasteiger partial charge in [-0.1, -0.05) is 26.0 Å². The zero-order chi connectivity index (χ0) is 14.1. The van der Waals surface area contributed by atoms with Crippen LogP contribution in [0.4, 0.5) is 5.69 Å². The van der Waals surface area contributed by atoms with Crippen LogP contribution in [0.15, 0.2) is 24.3 Å². The Balaban J connectivity index is 2.39. The number of para-hydroxylation sites is 2. The predicted molar refractivity (Wildman–Crippen MR) is 77.9 cm³/mol. The van der Waals surface area contributed by atoms with E-state index in [0.29, 0.717) is 24.6 Å². The molecule has 4 heteroatoms. The van der Waals surface area contributed by atoms with Crippen LogP contribution in [0.3, 0.4) is 0 Å². The number of nitrogens with zero attached hydrogens (tertiary/aromatic N) is 2. The first-order chi connectivity index (χ1) is 9.13. The molecule has 4 nitrogen and oxygen atoms in total. The molecule has 0 heterocycles. The molecule has 0 unspecified atom stereocenters. The highest BCUT2D eigenvalue weighted by Gasteiger charge is 2.07. The fourth-order valence-corrected chi connectivity index (χ4v) is 1.92. The van der Waals surface area contributed by atoms with Crippen molar-refractivity contribution in [2.24, 2.45) is 5.92 Å². The van der Waals surface area contributed by atoms with E-state index in [4.69, 9.17) is 15.7 Å². The third kappa shape index (κ3) is 6.12. The lowest BCUT2D eigenvalue weighted by atomic mass is 10.2. The van der Waals surface area contributed by atoms with Gasteiger partial charge in [0.15, 0.2) is 0 Å². The summed E-state index contributed by atoms with van der Waals surface area (Å²) in [6.07, 6.45) is 0.556. The lowest BCUT2D eigenvalue weighted by molar-refractivity contribution is 0.196. The quantitative estimate of drug-likeness (QED) is 0.730. The standard InChI is InChI=1S/C15H23N3O/c1-13(2)12-18(9-5-8-16)10-11-19-15-7-4-3-6-14(15)17/h3-4,6-7,13H,5,9-12,17H2,1-2H3. The van der Waals surface area contributed by atoms with Gasteiger partial charge in [-0.05, 0) is 18.1 Å². The van der Waals surface area contributed by atoms with Gasteiger partial charge >= 0.3 is 0 Å². The third-order valence-corrected chi connectivity index (χ3v) is 2.75. The Morgan fingerprint density at radius 3 is 2.68 bits per heavy atom. The first-order valence-electron chi connectivity index (χ1n) is 6.70. The number of rotatable bonds is 8. The Hall–Kier alpha value is -1.73. The number of nitrogen functional groups attached to an aromatic ring is 1. The topological polar surface area (TPSA) is 62.3 Å². The van der Waals surface area contributed by atoms with Crippen LogP contribution in [-0.2, 0) is 0 Å². The normalized spacial score (nSPS) is 10.7. The minimum Gasteiger partial charge on any atom is -0.490 e. The van der Waals surface area contributed by atoms with Gasteiger partial charge in [-0.3, -0.25) is 4.90 Å². The van der Waals surface area contributed by atoms with Crippen LogP contribution in [0.5, 0.6) is 5.75 Å². The fourth-order valence-electron chi connectivity index (χ4n) is 1.92. The monoisotopic (exact) mass is 261 g/mol. The van der Waals surface area contributed by atoms with Gasteiger partial charge in [0.1, 0.15) is 12.4 Å². The van der Waals surface area contributed by atoms with Crippen LogP contribution in [0.25, 0.3) is 0 Å². The fraction of sp³-hybridized carbons (Fsp3) is 0.533. The molecule has 0 spiro atoms. The number of nitriles is 1. The minimum atomic E-state index is 0.556. The van der Waals surface area contributed by atoms with E-state index in [-0.39, 0.29) is 0 Å². The summed E-state index contributed by atoms with van der Waals surface area (Å²) in [7, 11) is 0. The predicted octanol–water partition coefficient (Wildman–Crippen LogP) is 2.52. The molecule has 0 aliphatic rings. The van der Waals surface area contributed by atoms with Crippen LogP contribution in [0.1, 0.15) is 20.3 Å². The molecular weight excluding hydrogens is 238 g/mol. The van der Waals surface area contributed by atoms with Crippen molar-refractivity contribution in [1.82, 2.24) is 4.90 Å². The Labute approximate surface area is 115 Å². The minimum absolute atomic E-state index is 0.556. The zero-order valence-corrected chi connectivity index (χ0v) is 11.8. The average molecular weight is 261 g/mol. The zero-order valence-electron chi connectivity index (χ0n) is 11.8. The number of hydrogen-bond acceptors (Lipinski definition) is 4. The van der Waals surface area contributed by atoms with E-state index < -0.39 is 0 Å². The molecule has 0 saturated heterocycles. The Bertz CT molecular complexity index is 412. The molecule has 1 aromatic rings. The maximum atomic E-state index is 8.66. The second-order valence-electron chi connectivity index (χ2n) is 4.99. The van der Waals surface area contributed by atoms with Gasteiger partial charge in [0.05, 0.1) is 11.8 Å². The van der Waals surface area contributed by atoms with E-state index in [1.165, 1.54) is 0 Å². The van der Waals surface area contributed by atoms with Gasteiger partial charge in [0.25, 0.3) is 0 Å². The summed E-state index contributed by atoms with van der Waals surface area (Å²) in [6, 6.07) is 9.69. The largest absolute Gasteiger partial charge is 0.490 e. The molecule has 19 heavy (non-hydrogen) atoms. The number of hydrogen-bond donors (Lipinski definition) is 1. The molecule has 0 aliphatic carbocycles. The average Bonchev–Trinajstić information content (AvgIpc) is 2.37. The van der Waals surface area contributed by atoms with E-state index in [2.05, 4.69) is 24.8 Å². The number of nitrogens with two attached hydrogens (primary N) is 1. The molecule has 0 atom stereocenters. The van der Waals surface area contributed by atoms with Gasteiger partial charge in [0, 0.05) is 26.1 Å². The lowest BCUT2D eigenvalue weighted by Crippen LogP contribution is -2.32. The maximum absolute atomic E-state index is 8.66. The van der Waals surface area contributed by atoms with Gasteiger partial charge in [-0.25, -0.2) is 0 Å². The highest BCUT2D eigenvalue weighted by molar-refractivity contribution is 5.51. The SMILES string of the molecule is CC(C)CN(CCC#N)CCOc1ccccc1N. The first-order valence-corrected chi connectivity index (χ1v) is 6.70. The van der Waals surface area contributed by atoms with Crippen LogP contribution in [0.2, 0.25) is 0 Å². The van der Waals surface area contributed by atoms with Crippen molar-refractivity contribution in [1.29, 1.82) is 5.26 Å². The van der Waals surface area contributed by atoms with E-state index >= 15 is 0 Å². The highest BCUT2D eigenvalue weighted by atomic mass is 16.5. The van der Waals surface area contributed by atoms with E-state index in [1.807, 2.05) is 24.3 Å². The van der Waals surface area contributed by atoms with Crippen molar-refractivity contribution < 1.29 is 4.74 Å². The summed E-state index contributed by atoms with van der Waals surface area (Å²) in [5.41, 5.74) is 6.48. The van der Waals surface area contributed by atoms with Gasteiger partial charge in [0.2, 0.25) is 0 Å². The van der Waals surface area contributed by atoms with Crippen molar-refractivity contribution in [3.8, 4) is 11.8 Å². The molecule has 1 aromatic carbocycles. The summed E-state index contributed by atoms with van der Waals surface area (Å²) >= 11 is 0. The molecule has 0 saturated carbocycles. The summed E-state index contributed by atoms with van der Waals surface area (Å²) < 4.78 is 5.68. The molecule has 0 aromatic heterocycles. The molecule has 0 amide bonds. The second-order valence-corrected chi connectivity index (χ2v) is 4.99. The van der Waals surface area contributed by atoms with E-state index in [0.717, 1.165) is 25.4 Å². The van der Waals surface area contributed by atoms with Crippen LogP contribution < -0.4 is 10.5 Å². The molecule has 0 fully saturated rings. The highest BCUT2D eigenvalue weighted by Crippen LogP contribution is 2.19. The number of benzene rings is 1. The smallest absolute Gasteiger partial charge is 0.142 e. The molecule has 2 N–H and O–H groups in total. The number of anilines is 1. The van der Waals surface area contributed by atoms with E-state index in [9.17, 15) is 0 Å². The van der Waals surface area contributed by atoms with Gasteiger partial charge in [-0.15, -0.1) is 0 Å². The van der Waals surface area contributed by atoms with Gasteiger partial charge in [-0.2, -0.15) is 5.26 Å². The van der Waals surface area contributed by atoms with Crippen molar-refractivity contribution in [3.63, 3.8) is 0 Å². The van der Waals surface area contributed by atoms with Gasteiger partial charge < -0.3 is 10.5 Å². The molecule has 104 valence electrons.